The van der Waals surface area contributed by atoms with Crippen molar-refractivity contribution in [2.45, 2.75) is 51.6 Å². The molecule has 1 aliphatic rings. The Hall–Kier alpha value is -0.610. The number of nitrogens with two attached hydrogens (primary N) is 1. The Morgan fingerprint density at radius 1 is 1.47 bits per heavy atom. The number of amides is 1. The Kier molecular flexibility index (Phi) is 5.92. The molecule has 4 nitrogen and oxygen atoms in total. The fourth-order valence-corrected chi connectivity index (χ4v) is 2.27. The molecule has 1 rings (SSSR count). The van der Waals surface area contributed by atoms with Crippen molar-refractivity contribution < 1.29 is 4.79 Å². The summed E-state index contributed by atoms with van der Waals surface area (Å²) < 4.78 is 0. The highest BCUT2D eigenvalue weighted by Gasteiger charge is 2.20. The van der Waals surface area contributed by atoms with E-state index in [1.54, 1.807) is 0 Å². The smallest absolute Gasteiger partial charge is 0.234 e. The molecule has 4 heteroatoms. The number of nitrogens with one attached hydrogen (secondary N) is 1. The SMILES string of the molecule is CC(C)NC(CCN(C)CC1CCC1)C(N)=O. The van der Waals surface area contributed by atoms with Crippen LogP contribution >= 0.6 is 0 Å². The summed E-state index contributed by atoms with van der Waals surface area (Å²) in [6.07, 6.45) is 4.93. The van der Waals surface area contributed by atoms with Crippen molar-refractivity contribution in [2.24, 2.45) is 11.7 Å². The summed E-state index contributed by atoms with van der Waals surface area (Å²) in [4.78, 5) is 13.6. The van der Waals surface area contributed by atoms with Crippen molar-refractivity contribution in [1.29, 1.82) is 0 Å². The fraction of sp³-hybridized carbons (Fsp3) is 0.923. The average molecular weight is 241 g/mol. The van der Waals surface area contributed by atoms with Crippen LogP contribution in [-0.2, 0) is 4.79 Å². The van der Waals surface area contributed by atoms with Crippen LogP contribution in [0.3, 0.4) is 0 Å². The van der Waals surface area contributed by atoms with Gasteiger partial charge in [0.2, 0.25) is 5.91 Å². The highest BCUT2D eigenvalue weighted by atomic mass is 16.1. The second kappa shape index (κ2) is 6.97. The van der Waals surface area contributed by atoms with Crippen LogP contribution in [-0.4, -0.2) is 43.0 Å². The summed E-state index contributed by atoms with van der Waals surface area (Å²) >= 11 is 0. The molecule has 17 heavy (non-hydrogen) atoms. The van der Waals surface area contributed by atoms with Crippen molar-refractivity contribution in [2.75, 3.05) is 20.1 Å². The zero-order chi connectivity index (χ0) is 12.8. The lowest BCUT2D eigenvalue weighted by Gasteiger charge is -2.30. The predicted octanol–water partition coefficient (Wildman–Crippen LogP) is 0.960. The van der Waals surface area contributed by atoms with E-state index in [0.29, 0.717) is 6.04 Å². The van der Waals surface area contributed by atoms with Crippen molar-refractivity contribution in [3.05, 3.63) is 0 Å². The molecule has 0 aromatic carbocycles. The summed E-state index contributed by atoms with van der Waals surface area (Å²) in [5.74, 6) is 0.640. The van der Waals surface area contributed by atoms with Gasteiger partial charge < -0.3 is 16.0 Å². The maximum absolute atomic E-state index is 11.3. The highest BCUT2D eigenvalue weighted by molar-refractivity contribution is 5.79. The zero-order valence-electron chi connectivity index (χ0n) is 11.4. The van der Waals surface area contributed by atoms with E-state index in [1.807, 2.05) is 13.8 Å². The molecule has 0 saturated heterocycles. The Bertz CT molecular complexity index is 239. The summed E-state index contributed by atoms with van der Waals surface area (Å²) in [5.41, 5.74) is 5.39. The van der Waals surface area contributed by atoms with Gasteiger partial charge in [0.1, 0.15) is 0 Å². The topological polar surface area (TPSA) is 58.4 Å². The van der Waals surface area contributed by atoms with Crippen LogP contribution in [0.5, 0.6) is 0 Å². The lowest BCUT2D eigenvalue weighted by atomic mass is 9.85. The Labute approximate surface area is 105 Å². The molecule has 1 unspecified atom stereocenters. The number of carbonyl (C=O) groups is 1. The minimum atomic E-state index is -0.240. The fourth-order valence-electron chi connectivity index (χ4n) is 2.27. The van der Waals surface area contributed by atoms with E-state index in [9.17, 15) is 4.79 Å². The van der Waals surface area contributed by atoms with E-state index in [-0.39, 0.29) is 11.9 Å². The maximum Gasteiger partial charge on any atom is 0.234 e. The third kappa shape index (κ3) is 5.50. The minimum Gasteiger partial charge on any atom is -0.368 e. The van der Waals surface area contributed by atoms with Gasteiger partial charge in [-0.1, -0.05) is 20.3 Å². The summed E-state index contributed by atoms with van der Waals surface area (Å²) in [5, 5.41) is 3.21. The van der Waals surface area contributed by atoms with E-state index in [0.717, 1.165) is 25.4 Å². The van der Waals surface area contributed by atoms with Gasteiger partial charge in [-0.15, -0.1) is 0 Å². The molecule has 1 saturated carbocycles. The van der Waals surface area contributed by atoms with E-state index in [2.05, 4.69) is 17.3 Å². The summed E-state index contributed by atoms with van der Waals surface area (Å²) in [6.45, 7) is 6.17. The van der Waals surface area contributed by atoms with Crippen LogP contribution in [0.4, 0.5) is 0 Å². The highest BCUT2D eigenvalue weighted by Crippen LogP contribution is 2.26. The van der Waals surface area contributed by atoms with E-state index in [4.69, 9.17) is 5.73 Å². The molecular formula is C13H27N3O. The standard InChI is InChI=1S/C13H27N3O/c1-10(2)15-12(13(14)17)7-8-16(3)9-11-5-4-6-11/h10-12,15H,4-9H2,1-3H3,(H2,14,17). The maximum atomic E-state index is 11.3. The minimum absolute atomic E-state index is 0.196. The van der Waals surface area contributed by atoms with Crippen LogP contribution in [0.2, 0.25) is 0 Å². The average Bonchev–Trinajstić information content (AvgIpc) is 2.17. The van der Waals surface area contributed by atoms with Gasteiger partial charge in [-0.3, -0.25) is 4.79 Å². The first kappa shape index (κ1) is 14.5. The van der Waals surface area contributed by atoms with Crippen molar-refractivity contribution in [1.82, 2.24) is 10.2 Å². The van der Waals surface area contributed by atoms with E-state index in [1.165, 1.54) is 19.3 Å². The quantitative estimate of drug-likeness (QED) is 0.665. The van der Waals surface area contributed by atoms with Gasteiger partial charge in [-0.2, -0.15) is 0 Å². The number of rotatable bonds is 8. The largest absolute Gasteiger partial charge is 0.368 e. The molecule has 0 aliphatic heterocycles. The van der Waals surface area contributed by atoms with Gasteiger partial charge in [-0.05, 0) is 38.8 Å². The Morgan fingerprint density at radius 2 is 2.12 bits per heavy atom. The Morgan fingerprint density at radius 3 is 2.53 bits per heavy atom. The zero-order valence-corrected chi connectivity index (χ0v) is 11.4. The van der Waals surface area contributed by atoms with Crippen LogP contribution in [0.15, 0.2) is 0 Å². The van der Waals surface area contributed by atoms with Crippen molar-refractivity contribution >= 4 is 5.91 Å². The van der Waals surface area contributed by atoms with Gasteiger partial charge in [0.15, 0.2) is 0 Å². The molecule has 0 radical (unpaired) electrons. The van der Waals surface area contributed by atoms with Crippen LogP contribution in [0, 0.1) is 5.92 Å². The number of hydrogen-bond donors (Lipinski definition) is 2. The molecule has 1 atom stereocenters. The van der Waals surface area contributed by atoms with Crippen LogP contribution in [0.25, 0.3) is 0 Å². The lowest BCUT2D eigenvalue weighted by molar-refractivity contribution is -0.120. The molecule has 3 N–H and O–H groups in total. The van der Waals surface area contributed by atoms with Crippen molar-refractivity contribution in [3.8, 4) is 0 Å². The third-order valence-corrected chi connectivity index (χ3v) is 3.47. The molecule has 0 aromatic heterocycles. The second-order valence-electron chi connectivity index (χ2n) is 5.62. The van der Waals surface area contributed by atoms with Gasteiger partial charge in [-0.25, -0.2) is 0 Å². The second-order valence-corrected chi connectivity index (χ2v) is 5.62. The molecule has 1 amide bonds. The Balaban J connectivity index is 2.22. The number of hydrogen-bond acceptors (Lipinski definition) is 3. The van der Waals surface area contributed by atoms with Crippen molar-refractivity contribution in [3.63, 3.8) is 0 Å². The third-order valence-electron chi connectivity index (χ3n) is 3.47. The molecule has 1 aliphatic carbocycles. The summed E-state index contributed by atoms with van der Waals surface area (Å²) in [7, 11) is 2.13. The molecule has 0 aromatic rings. The molecule has 0 heterocycles. The molecule has 0 bridgehead atoms. The molecule has 0 spiro atoms. The normalized spacial score (nSPS) is 18.4. The first-order chi connectivity index (χ1) is 7.99. The lowest BCUT2D eigenvalue weighted by Crippen LogP contribution is -2.46. The number of primary amides is 1. The number of carbonyl (C=O) groups excluding carboxylic acids is 1. The van der Waals surface area contributed by atoms with Gasteiger partial charge in [0.25, 0.3) is 0 Å². The predicted molar refractivity (Wildman–Crippen MR) is 70.7 cm³/mol. The molecule has 1 fully saturated rings. The van der Waals surface area contributed by atoms with E-state index < -0.39 is 0 Å². The van der Waals surface area contributed by atoms with Gasteiger partial charge >= 0.3 is 0 Å². The molecular weight excluding hydrogens is 214 g/mol. The van der Waals surface area contributed by atoms with Crippen LogP contribution < -0.4 is 11.1 Å². The molecule has 100 valence electrons. The first-order valence-corrected chi connectivity index (χ1v) is 6.73. The number of nitrogens with zero attached hydrogens (tertiary/aromatic N) is 1. The van der Waals surface area contributed by atoms with Gasteiger partial charge in [0, 0.05) is 12.6 Å². The van der Waals surface area contributed by atoms with Gasteiger partial charge in [0.05, 0.1) is 6.04 Å². The summed E-state index contributed by atoms with van der Waals surface area (Å²) in [6, 6.07) is 0.100. The first-order valence-electron chi connectivity index (χ1n) is 6.73. The van der Waals surface area contributed by atoms with Crippen LogP contribution in [0.1, 0.15) is 39.5 Å². The monoisotopic (exact) mass is 241 g/mol. The van der Waals surface area contributed by atoms with E-state index >= 15 is 0 Å².